The van der Waals surface area contributed by atoms with Gasteiger partial charge in [0.1, 0.15) is 0 Å². The van der Waals surface area contributed by atoms with Gasteiger partial charge < -0.3 is 10.2 Å². The first-order chi connectivity index (χ1) is 9.22. The first-order valence-corrected chi connectivity index (χ1v) is 6.88. The predicted molar refractivity (Wildman–Crippen MR) is 73.2 cm³/mol. The molecule has 1 aromatic carbocycles. The van der Waals surface area contributed by atoms with Crippen LogP contribution in [0.5, 0.6) is 0 Å². The molecular weight excluding hydrogens is 242 g/mol. The van der Waals surface area contributed by atoms with Crippen molar-refractivity contribution in [3.63, 3.8) is 0 Å². The molecule has 104 valence electrons. The van der Waals surface area contributed by atoms with E-state index < -0.39 is 5.97 Å². The summed E-state index contributed by atoms with van der Waals surface area (Å²) < 4.78 is 0. The summed E-state index contributed by atoms with van der Waals surface area (Å²) in [7, 11) is 0. The molecule has 1 saturated heterocycles. The van der Waals surface area contributed by atoms with Crippen LogP contribution in [0.4, 0.5) is 0 Å². The maximum absolute atomic E-state index is 11.2. The van der Waals surface area contributed by atoms with E-state index in [2.05, 4.69) is 4.90 Å². The van der Waals surface area contributed by atoms with Gasteiger partial charge in [0.2, 0.25) is 0 Å². The summed E-state index contributed by atoms with van der Waals surface area (Å²) in [5.41, 5.74) is 1.25. The Morgan fingerprint density at radius 3 is 2.84 bits per heavy atom. The van der Waals surface area contributed by atoms with Gasteiger partial charge in [-0.25, -0.2) is 4.79 Å². The van der Waals surface area contributed by atoms with Crippen LogP contribution < -0.4 is 0 Å². The highest BCUT2D eigenvalue weighted by Gasteiger charge is 2.23. The standard InChI is InChI=1S/C15H21NO3/c17-10-8-13-6-3-4-9-16(13)11-12-5-1-2-7-14(12)15(18)19/h1-2,5,7,13,17H,3-4,6,8-11H2,(H,18,19). The van der Waals surface area contributed by atoms with E-state index in [1.54, 1.807) is 12.1 Å². The highest BCUT2D eigenvalue weighted by atomic mass is 16.4. The molecule has 2 N–H and O–H groups in total. The third kappa shape index (κ3) is 3.55. The second-order valence-corrected chi connectivity index (χ2v) is 5.09. The summed E-state index contributed by atoms with van der Waals surface area (Å²) in [4.78, 5) is 13.5. The number of hydrogen-bond donors (Lipinski definition) is 2. The van der Waals surface area contributed by atoms with Crippen molar-refractivity contribution in [2.45, 2.75) is 38.3 Å². The summed E-state index contributed by atoms with van der Waals surface area (Å²) in [5, 5.41) is 18.3. The Hall–Kier alpha value is -1.39. The lowest BCUT2D eigenvalue weighted by molar-refractivity contribution is 0.0690. The maximum Gasteiger partial charge on any atom is 0.336 e. The van der Waals surface area contributed by atoms with Crippen LogP contribution in [0.2, 0.25) is 0 Å². The van der Waals surface area contributed by atoms with Crippen molar-refractivity contribution in [3.8, 4) is 0 Å². The minimum atomic E-state index is -0.869. The van der Waals surface area contributed by atoms with Crippen molar-refractivity contribution >= 4 is 5.97 Å². The average Bonchev–Trinajstić information content (AvgIpc) is 2.42. The van der Waals surface area contributed by atoms with Gasteiger partial charge in [-0.05, 0) is 37.4 Å². The molecule has 1 aliphatic heterocycles. The van der Waals surface area contributed by atoms with Crippen molar-refractivity contribution in [1.82, 2.24) is 4.90 Å². The minimum Gasteiger partial charge on any atom is -0.478 e. The molecule has 0 radical (unpaired) electrons. The number of carboxylic acid groups (broad SMARTS) is 1. The minimum absolute atomic E-state index is 0.196. The zero-order chi connectivity index (χ0) is 13.7. The molecule has 1 heterocycles. The van der Waals surface area contributed by atoms with Gasteiger partial charge in [0, 0.05) is 19.2 Å². The van der Waals surface area contributed by atoms with Crippen molar-refractivity contribution in [2.24, 2.45) is 0 Å². The van der Waals surface area contributed by atoms with Crippen LogP contribution in [0.3, 0.4) is 0 Å². The molecule has 1 atom stereocenters. The van der Waals surface area contributed by atoms with Crippen LogP contribution in [-0.2, 0) is 6.54 Å². The first kappa shape index (κ1) is 14.0. The number of aliphatic hydroxyl groups is 1. The molecule has 0 amide bonds. The Kier molecular flexibility index (Phi) is 4.93. The molecule has 0 aromatic heterocycles. The van der Waals surface area contributed by atoms with Gasteiger partial charge in [-0.2, -0.15) is 0 Å². The largest absolute Gasteiger partial charge is 0.478 e. The van der Waals surface area contributed by atoms with Gasteiger partial charge >= 0.3 is 5.97 Å². The lowest BCUT2D eigenvalue weighted by Crippen LogP contribution is -2.39. The smallest absolute Gasteiger partial charge is 0.336 e. The fraction of sp³-hybridized carbons (Fsp3) is 0.533. The monoisotopic (exact) mass is 263 g/mol. The van der Waals surface area contributed by atoms with Crippen LogP contribution in [0.15, 0.2) is 24.3 Å². The quantitative estimate of drug-likeness (QED) is 0.854. The van der Waals surface area contributed by atoms with Gasteiger partial charge in [-0.3, -0.25) is 4.90 Å². The Bertz CT molecular complexity index is 431. The summed E-state index contributed by atoms with van der Waals surface area (Å²) >= 11 is 0. The zero-order valence-corrected chi connectivity index (χ0v) is 11.1. The van der Waals surface area contributed by atoms with Gasteiger partial charge in [0.25, 0.3) is 0 Å². The SMILES string of the molecule is O=C(O)c1ccccc1CN1CCCCC1CCO. The van der Waals surface area contributed by atoms with E-state index >= 15 is 0 Å². The average molecular weight is 263 g/mol. The third-order valence-electron chi connectivity index (χ3n) is 3.83. The topological polar surface area (TPSA) is 60.8 Å². The second kappa shape index (κ2) is 6.68. The van der Waals surface area contributed by atoms with E-state index in [0.29, 0.717) is 18.2 Å². The third-order valence-corrected chi connectivity index (χ3v) is 3.83. The molecule has 2 rings (SSSR count). The van der Waals surface area contributed by atoms with Gasteiger partial charge in [0.15, 0.2) is 0 Å². The van der Waals surface area contributed by atoms with Crippen LogP contribution in [0.25, 0.3) is 0 Å². The fourth-order valence-corrected chi connectivity index (χ4v) is 2.83. The molecule has 1 unspecified atom stereocenters. The second-order valence-electron chi connectivity index (χ2n) is 5.09. The Labute approximate surface area is 113 Å². The summed E-state index contributed by atoms with van der Waals surface area (Å²) in [6.45, 7) is 1.84. The number of piperidine rings is 1. The zero-order valence-electron chi connectivity index (χ0n) is 11.1. The number of nitrogens with zero attached hydrogens (tertiary/aromatic N) is 1. The lowest BCUT2D eigenvalue weighted by atomic mass is 9.98. The van der Waals surface area contributed by atoms with Crippen molar-refractivity contribution in [1.29, 1.82) is 0 Å². The molecule has 0 bridgehead atoms. The van der Waals surface area contributed by atoms with Crippen LogP contribution in [0, 0.1) is 0 Å². The Balaban J connectivity index is 2.12. The lowest BCUT2D eigenvalue weighted by Gasteiger charge is -2.35. The Morgan fingerprint density at radius 2 is 2.11 bits per heavy atom. The molecule has 0 spiro atoms. The van der Waals surface area contributed by atoms with E-state index in [4.69, 9.17) is 5.11 Å². The highest BCUT2D eigenvalue weighted by molar-refractivity contribution is 5.89. The van der Waals surface area contributed by atoms with Crippen molar-refractivity contribution < 1.29 is 15.0 Å². The number of likely N-dealkylation sites (tertiary alicyclic amines) is 1. The first-order valence-electron chi connectivity index (χ1n) is 6.88. The fourth-order valence-electron chi connectivity index (χ4n) is 2.83. The molecule has 0 saturated carbocycles. The van der Waals surface area contributed by atoms with Crippen LogP contribution in [-0.4, -0.2) is 40.3 Å². The highest BCUT2D eigenvalue weighted by Crippen LogP contribution is 2.23. The molecule has 0 aliphatic carbocycles. The number of benzene rings is 1. The molecule has 1 aromatic rings. The number of carboxylic acids is 1. The van der Waals surface area contributed by atoms with Crippen LogP contribution >= 0.6 is 0 Å². The van der Waals surface area contributed by atoms with Crippen LogP contribution in [0.1, 0.15) is 41.6 Å². The van der Waals surface area contributed by atoms with E-state index in [0.717, 1.165) is 31.4 Å². The molecular formula is C15H21NO3. The maximum atomic E-state index is 11.2. The molecule has 1 fully saturated rings. The predicted octanol–water partition coefficient (Wildman–Crippen LogP) is 2.12. The normalized spacial score (nSPS) is 20.4. The summed E-state index contributed by atoms with van der Waals surface area (Å²) in [6.07, 6.45) is 4.21. The van der Waals surface area contributed by atoms with Gasteiger partial charge in [-0.15, -0.1) is 0 Å². The van der Waals surface area contributed by atoms with E-state index in [1.807, 2.05) is 12.1 Å². The summed E-state index contributed by atoms with van der Waals surface area (Å²) in [6, 6.07) is 7.55. The van der Waals surface area contributed by atoms with E-state index in [-0.39, 0.29) is 6.61 Å². The summed E-state index contributed by atoms with van der Waals surface area (Å²) in [5.74, 6) is -0.869. The molecule has 4 nitrogen and oxygen atoms in total. The van der Waals surface area contributed by atoms with Gasteiger partial charge in [-0.1, -0.05) is 24.6 Å². The number of rotatable bonds is 5. The molecule has 4 heteroatoms. The Morgan fingerprint density at radius 1 is 1.32 bits per heavy atom. The number of aromatic carboxylic acids is 1. The van der Waals surface area contributed by atoms with E-state index in [1.165, 1.54) is 6.42 Å². The van der Waals surface area contributed by atoms with Crippen molar-refractivity contribution in [2.75, 3.05) is 13.2 Å². The molecule has 1 aliphatic rings. The van der Waals surface area contributed by atoms with Crippen molar-refractivity contribution in [3.05, 3.63) is 35.4 Å². The number of aliphatic hydroxyl groups excluding tert-OH is 1. The van der Waals surface area contributed by atoms with Gasteiger partial charge in [0.05, 0.1) is 5.56 Å². The van der Waals surface area contributed by atoms with E-state index in [9.17, 15) is 9.90 Å². The molecule has 19 heavy (non-hydrogen) atoms. The number of hydrogen-bond acceptors (Lipinski definition) is 3. The number of carbonyl (C=O) groups is 1.